The number of rotatable bonds is 4. The van der Waals surface area contributed by atoms with Crippen molar-refractivity contribution in [3.8, 4) is 0 Å². The molecule has 1 heterocycles. The SMILES string of the molecule is CC(CN)Cc1cn(C2CCCC2)cn1. The van der Waals surface area contributed by atoms with Crippen LogP contribution >= 0.6 is 0 Å². The molecule has 1 aromatic heterocycles. The first-order valence-corrected chi connectivity index (χ1v) is 6.02. The second-order valence-corrected chi connectivity index (χ2v) is 4.80. The van der Waals surface area contributed by atoms with Crippen LogP contribution in [0.5, 0.6) is 0 Å². The van der Waals surface area contributed by atoms with Crippen LogP contribution in [0.3, 0.4) is 0 Å². The average Bonchev–Trinajstić information content (AvgIpc) is 2.85. The van der Waals surface area contributed by atoms with E-state index in [0.717, 1.165) is 13.0 Å². The van der Waals surface area contributed by atoms with Crippen LogP contribution < -0.4 is 5.73 Å². The molecule has 0 saturated heterocycles. The Labute approximate surface area is 91.7 Å². The van der Waals surface area contributed by atoms with Gasteiger partial charge in [0, 0.05) is 12.2 Å². The van der Waals surface area contributed by atoms with E-state index in [1.807, 2.05) is 6.33 Å². The Morgan fingerprint density at radius 1 is 1.53 bits per heavy atom. The normalized spacial score (nSPS) is 19.6. The van der Waals surface area contributed by atoms with E-state index >= 15 is 0 Å². The lowest BCUT2D eigenvalue weighted by Gasteiger charge is -2.09. The van der Waals surface area contributed by atoms with E-state index in [4.69, 9.17) is 5.73 Å². The highest BCUT2D eigenvalue weighted by atomic mass is 15.1. The molecule has 0 radical (unpaired) electrons. The number of nitrogens with two attached hydrogens (primary N) is 1. The van der Waals surface area contributed by atoms with Gasteiger partial charge in [0.15, 0.2) is 0 Å². The van der Waals surface area contributed by atoms with Gasteiger partial charge in [0.25, 0.3) is 0 Å². The fourth-order valence-corrected chi connectivity index (χ4v) is 2.33. The Morgan fingerprint density at radius 3 is 2.93 bits per heavy atom. The quantitative estimate of drug-likeness (QED) is 0.822. The van der Waals surface area contributed by atoms with Gasteiger partial charge in [-0.3, -0.25) is 0 Å². The van der Waals surface area contributed by atoms with Gasteiger partial charge in [0.2, 0.25) is 0 Å². The van der Waals surface area contributed by atoms with Gasteiger partial charge < -0.3 is 10.3 Å². The molecular weight excluding hydrogens is 186 g/mol. The molecule has 1 atom stereocenters. The van der Waals surface area contributed by atoms with Crippen molar-refractivity contribution in [2.24, 2.45) is 11.7 Å². The molecule has 0 spiro atoms. The van der Waals surface area contributed by atoms with Gasteiger partial charge in [-0.1, -0.05) is 19.8 Å². The van der Waals surface area contributed by atoms with Gasteiger partial charge in [0.05, 0.1) is 12.0 Å². The molecule has 0 amide bonds. The first-order chi connectivity index (χ1) is 7.29. The van der Waals surface area contributed by atoms with E-state index in [2.05, 4.69) is 22.7 Å². The van der Waals surface area contributed by atoms with Crippen LogP contribution in [0.4, 0.5) is 0 Å². The molecule has 0 aromatic carbocycles. The molecule has 2 rings (SSSR count). The number of aromatic nitrogens is 2. The Kier molecular flexibility index (Phi) is 3.41. The predicted molar refractivity (Wildman–Crippen MR) is 61.7 cm³/mol. The second kappa shape index (κ2) is 4.79. The predicted octanol–water partition coefficient (Wildman–Crippen LogP) is 2.14. The van der Waals surface area contributed by atoms with Crippen molar-refractivity contribution >= 4 is 0 Å². The Balaban J connectivity index is 1.97. The first-order valence-electron chi connectivity index (χ1n) is 6.02. The zero-order valence-corrected chi connectivity index (χ0v) is 9.52. The molecule has 1 aliphatic rings. The molecule has 0 aliphatic heterocycles. The summed E-state index contributed by atoms with van der Waals surface area (Å²) in [6.07, 6.45) is 10.6. The number of imidazole rings is 1. The molecule has 0 bridgehead atoms. The third-order valence-electron chi connectivity index (χ3n) is 3.36. The molecule has 15 heavy (non-hydrogen) atoms. The van der Waals surface area contributed by atoms with Crippen LogP contribution in [0.1, 0.15) is 44.3 Å². The van der Waals surface area contributed by atoms with Gasteiger partial charge >= 0.3 is 0 Å². The second-order valence-electron chi connectivity index (χ2n) is 4.80. The summed E-state index contributed by atoms with van der Waals surface area (Å²) in [6.45, 7) is 2.92. The summed E-state index contributed by atoms with van der Waals surface area (Å²) < 4.78 is 2.30. The summed E-state index contributed by atoms with van der Waals surface area (Å²) in [5, 5.41) is 0. The third-order valence-corrected chi connectivity index (χ3v) is 3.36. The Morgan fingerprint density at radius 2 is 2.27 bits per heavy atom. The van der Waals surface area contributed by atoms with Crippen LogP contribution in [-0.2, 0) is 6.42 Å². The molecule has 1 aliphatic carbocycles. The van der Waals surface area contributed by atoms with Crippen LogP contribution in [0.25, 0.3) is 0 Å². The van der Waals surface area contributed by atoms with Crippen LogP contribution in [0, 0.1) is 5.92 Å². The fraction of sp³-hybridized carbons (Fsp3) is 0.750. The lowest BCUT2D eigenvalue weighted by atomic mass is 10.1. The maximum atomic E-state index is 5.61. The van der Waals surface area contributed by atoms with Crippen molar-refractivity contribution in [2.75, 3.05) is 6.54 Å². The van der Waals surface area contributed by atoms with E-state index in [-0.39, 0.29) is 0 Å². The van der Waals surface area contributed by atoms with Gasteiger partial charge in [-0.05, 0) is 31.7 Å². The van der Waals surface area contributed by atoms with Gasteiger partial charge in [0.1, 0.15) is 0 Å². The minimum Gasteiger partial charge on any atom is -0.334 e. The van der Waals surface area contributed by atoms with Crippen LogP contribution in [0.2, 0.25) is 0 Å². The van der Waals surface area contributed by atoms with E-state index in [1.54, 1.807) is 0 Å². The number of hydrogen-bond donors (Lipinski definition) is 1. The monoisotopic (exact) mass is 207 g/mol. The summed E-state index contributed by atoms with van der Waals surface area (Å²) >= 11 is 0. The Hall–Kier alpha value is -0.830. The van der Waals surface area contributed by atoms with E-state index in [1.165, 1.54) is 31.4 Å². The van der Waals surface area contributed by atoms with Crippen molar-refractivity contribution in [1.29, 1.82) is 0 Å². The summed E-state index contributed by atoms with van der Waals surface area (Å²) in [7, 11) is 0. The molecule has 1 fully saturated rings. The van der Waals surface area contributed by atoms with Gasteiger partial charge in [-0.25, -0.2) is 4.98 Å². The van der Waals surface area contributed by atoms with Crippen molar-refractivity contribution in [1.82, 2.24) is 9.55 Å². The minimum absolute atomic E-state index is 0.539. The van der Waals surface area contributed by atoms with Crippen molar-refractivity contribution in [3.05, 3.63) is 18.2 Å². The fourth-order valence-electron chi connectivity index (χ4n) is 2.33. The largest absolute Gasteiger partial charge is 0.334 e. The molecule has 1 unspecified atom stereocenters. The zero-order chi connectivity index (χ0) is 10.7. The summed E-state index contributed by atoms with van der Waals surface area (Å²) in [5.74, 6) is 0.539. The van der Waals surface area contributed by atoms with E-state index < -0.39 is 0 Å². The third kappa shape index (κ3) is 2.59. The molecule has 84 valence electrons. The van der Waals surface area contributed by atoms with E-state index in [9.17, 15) is 0 Å². The summed E-state index contributed by atoms with van der Waals surface area (Å²) in [4.78, 5) is 4.46. The molecule has 1 saturated carbocycles. The molecule has 1 aromatic rings. The standard InChI is InChI=1S/C12H21N3/c1-10(7-13)6-11-8-15(9-14-11)12-4-2-3-5-12/h8-10,12H,2-7,13H2,1H3. The molecule has 3 heteroatoms. The van der Waals surface area contributed by atoms with Crippen molar-refractivity contribution in [3.63, 3.8) is 0 Å². The highest BCUT2D eigenvalue weighted by Gasteiger charge is 2.17. The lowest BCUT2D eigenvalue weighted by Crippen LogP contribution is -2.13. The van der Waals surface area contributed by atoms with Gasteiger partial charge in [-0.15, -0.1) is 0 Å². The highest BCUT2D eigenvalue weighted by molar-refractivity contribution is 5.00. The smallest absolute Gasteiger partial charge is 0.0951 e. The lowest BCUT2D eigenvalue weighted by molar-refractivity contribution is 0.516. The van der Waals surface area contributed by atoms with Crippen molar-refractivity contribution in [2.45, 2.75) is 45.1 Å². The molecular formula is C12H21N3. The van der Waals surface area contributed by atoms with Crippen molar-refractivity contribution < 1.29 is 0 Å². The topological polar surface area (TPSA) is 43.8 Å². The highest BCUT2D eigenvalue weighted by Crippen LogP contribution is 2.29. The number of hydrogen-bond acceptors (Lipinski definition) is 2. The zero-order valence-electron chi connectivity index (χ0n) is 9.52. The maximum Gasteiger partial charge on any atom is 0.0951 e. The average molecular weight is 207 g/mol. The minimum atomic E-state index is 0.539. The molecule has 2 N–H and O–H groups in total. The summed E-state index contributed by atoms with van der Waals surface area (Å²) in [5.41, 5.74) is 6.81. The van der Waals surface area contributed by atoms with Crippen LogP contribution in [-0.4, -0.2) is 16.1 Å². The maximum absolute atomic E-state index is 5.61. The Bertz CT molecular complexity index is 300. The molecule has 3 nitrogen and oxygen atoms in total. The van der Waals surface area contributed by atoms with Gasteiger partial charge in [-0.2, -0.15) is 0 Å². The number of nitrogens with zero attached hydrogens (tertiary/aromatic N) is 2. The summed E-state index contributed by atoms with van der Waals surface area (Å²) in [6, 6.07) is 0.708. The first kappa shape index (κ1) is 10.7. The van der Waals surface area contributed by atoms with E-state index in [0.29, 0.717) is 12.0 Å². The van der Waals surface area contributed by atoms with Crippen LogP contribution in [0.15, 0.2) is 12.5 Å².